The third-order valence-corrected chi connectivity index (χ3v) is 3.51. The fourth-order valence-corrected chi connectivity index (χ4v) is 2.38. The Bertz CT molecular complexity index is 516. The largest absolute Gasteiger partial charge is 0.459 e. The van der Waals surface area contributed by atoms with E-state index < -0.39 is 0 Å². The van der Waals surface area contributed by atoms with E-state index in [2.05, 4.69) is 66.9 Å². The van der Waals surface area contributed by atoms with Crippen LogP contribution in [-0.2, 0) is 6.54 Å². The van der Waals surface area contributed by atoms with Crippen LogP contribution in [0.3, 0.4) is 0 Å². The highest BCUT2D eigenvalue weighted by Gasteiger charge is 2.10. The van der Waals surface area contributed by atoms with E-state index in [-0.39, 0.29) is 0 Å². The van der Waals surface area contributed by atoms with Crippen LogP contribution >= 0.6 is 22.6 Å². The maximum Gasteiger partial charge on any atom is 0.134 e. The van der Waals surface area contributed by atoms with Gasteiger partial charge in [-0.05, 0) is 65.7 Å². The van der Waals surface area contributed by atoms with E-state index >= 15 is 0 Å². The minimum atomic E-state index is 0.667. The molecule has 0 aliphatic rings. The highest BCUT2D eigenvalue weighted by Crippen LogP contribution is 2.26. The third kappa shape index (κ3) is 3.01. The van der Waals surface area contributed by atoms with Crippen molar-refractivity contribution in [2.75, 3.05) is 6.54 Å². The Kier molecular flexibility index (Phi) is 4.09. The molecule has 0 radical (unpaired) electrons. The minimum absolute atomic E-state index is 0.667. The Labute approximate surface area is 116 Å². The first-order valence-electron chi connectivity index (χ1n) is 5.96. The predicted octanol–water partition coefficient (Wildman–Crippen LogP) is 4.09. The van der Waals surface area contributed by atoms with Crippen LogP contribution in [0.2, 0.25) is 0 Å². The van der Waals surface area contributed by atoms with Gasteiger partial charge in [0, 0.05) is 8.96 Å². The van der Waals surface area contributed by atoms with Gasteiger partial charge in [-0.15, -0.1) is 0 Å². The lowest BCUT2D eigenvalue weighted by atomic mass is 10.1. The van der Waals surface area contributed by atoms with Gasteiger partial charge >= 0.3 is 0 Å². The molecule has 92 valence electrons. The van der Waals surface area contributed by atoms with Crippen molar-refractivity contribution in [3.8, 4) is 0 Å². The second-order valence-electron chi connectivity index (χ2n) is 4.82. The number of aryl methyl sites for hydroxylation is 1. The fraction of sp³-hybridized carbons (Fsp3) is 0.429. The SMILES string of the molecule is Cc1c(CNCC(C)C)oc2ccc(I)cc12. The highest BCUT2D eigenvalue weighted by atomic mass is 127. The van der Waals surface area contributed by atoms with Gasteiger partial charge in [-0.25, -0.2) is 0 Å². The lowest BCUT2D eigenvalue weighted by Gasteiger charge is -2.05. The Morgan fingerprint density at radius 2 is 2.12 bits per heavy atom. The van der Waals surface area contributed by atoms with Crippen LogP contribution in [0.4, 0.5) is 0 Å². The van der Waals surface area contributed by atoms with E-state index in [1.54, 1.807) is 0 Å². The van der Waals surface area contributed by atoms with Gasteiger partial charge in [0.1, 0.15) is 11.3 Å². The average Bonchev–Trinajstić information content (AvgIpc) is 2.56. The van der Waals surface area contributed by atoms with Crippen LogP contribution in [0.1, 0.15) is 25.2 Å². The van der Waals surface area contributed by atoms with Crippen LogP contribution in [-0.4, -0.2) is 6.54 Å². The lowest BCUT2D eigenvalue weighted by molar-refractivity contribution is 0.482. The molecule has 0 bridgehead atoms. The third-order valence-electron chi connectivity index (χ3n) is 2.84. The molecule has 0 fully saturated rings. The Morgan fingerprint density at radius 1 is 1.35 bits per heavy atom. The summed E-state index contributed by atoms with van der Waals surface area (Å²) in [5, 5.41) is 4.66. The molecule has 3 heteroatoms. The Hall–Kier alpha value is -0.550. The molecule has 0 unspecified atom stereocenters. The van der Waals surface area contributed by atoms with Crippen molar-refractivity contribution in [3.05, 3.63) is 33.1 Å². The average molecular weight is 343 g/mol. The van der Waals surface area contributed by atoms with Crippen molar-refractivity contribution >= 4 is 33.6 Å². The standard InChI is InChI=1S/C14H18INO/c1-9(2)7-16-8-14-10(3)12-6-11(15)4-5-13(12)17-14/h4-6,9,16H,7-8H2,1-3H3. The second kappa shape index (κ2) is 5.40. The molecule has 1 aromatic heterocycles. The summed E-state index contributed by atoms with van der Waals surface area (Å²) in [4.78, 5) is 0. The lowest BCUT2D eigenvalue weighted by Crippen LogP contribution is -2.18. The summed E-state index contributed by atoms with van der Waals surface area (Å²) in [6.07, 6.45) is 0. The molecular weight excluding hydrogens is 325 g/mol. The van der Waals surface area contributed by atoms with Gasteiger partial charge in [-0.3, -0.25) is 0 Å². The zero-order valence-electron chi connectivity index (χ0n) is 10.5. The fourth-order valence-electron chi connectivity index (χ4n) is 1.89. The van der Waals surface area contributed by atoms with E-state index in [9.17, 15) is 0 Å². The smallest absolute Gasteiger partial charge is 0.134 e. The second-order valence-corrected chi connectivity index (χ2v) is 6.06. The number of nitrogens with one attached hydrogen (secondary N) is 1. The monoisotopic (exact) mass is 343 g/mol. The Morgan fingerprint density at radius 3 is 2.82 bits per heavy atom. The normalized spacial score (nSPS) is 11.6. The van der Waals surface area contributed by atoms with Crippen molar-refractivity contribution in [1.82, 2.24) is 5.32 Å². The number of hydrogen-bond donors (Lipinski definition) is 1. The molecule has 0 aliphatic carbocycles. The summed E-state index contributed by atoms with van der Waals surface area (Å²) < 4.78 is 7.12. The maximum absolute atomic E-state index is 5.87. The molecule has 0 saturated carbocycles. The number of fused-ring (bicyclic) bond motifs is 1. The van der Waals surface area contributed by atoms with Crippen molar-refractivity contribution in [2.45, 2.75) is 27.3 Å². The van der Waals surface area contributed by atoms with Gasteiger partial charge < -0.3 is 9.73 Å². The molecule has 0 amide bonds. The van der Waals surface area contributed by atoms with Crippen molar-refractivity contribution in [1.29, 1.82) is 0 Å². The summed E-state index contributed by atoms with van der Waals surface area (Å²) in [5.41, 5.74) is 2.25. The first-order valence-corrected chi connectivity index (χ1v) is 7.04. The molecule has 2 nitrogen and oxygen atoms in total. The topological polar surface area (TPSA) is 25.2 Å². The van der Waals surface area contributed by atoms with Crippen molar-refractivity contribution < 1.29 is 4.42 Å². The van der Waals surface area contributed by atoms with Gasteiger partial charge in [0.2, 0.25) is 0 Å². The van der Waals surface area contributed by atoms with Crippen LogP contribution in [0.15, 0.2) is 22.6 Å². The van der Waals surface area contributed by atoms with Gasteiger partial charge in [0.05, 0.1) is 6.54 Å². The minimum Gasteiger partial charge on any atom is -0.459 e. The van der Waals surface area contributed by atoms with Gasteiger partial charge in [-0.2, -0.15) is 0 Å². The molecule has 1 N–H and O–H groups in total. The van der Waals surface area contributed by atoms with E-state index in [0.29, 0.717) is 5.92 Å². The predicted molar refractivity (Wildman–Crippen MR) is 80.2 cm³/mol. The van der Waals surface area contributed by atoms with E-state index in [1.807, 2.05) is 0 Å². The summed E-state index contributed by atoms with van der Waals surface area (Å²) in [6, 6.07) is 6.31. The highest BCUT2D eigenvalue weighted by molar-refractivity contribution is 14.1. The molecule has 0 atom stereocenters. The van der Waals surface area contributed by atoms with Gasteiger partial charge in [-0.1, -0.05) is 13.8 Å². The summed E-state index contributed by atoms with van der Waals surface area (Å²) in [7, 11) is 0. The molecule has 17 heavy (non-hydrogen) atoms. The molecule has 0 aliphatic heterocycles. The number of furan rings is 1. The summed E-state index contributed by atoms with van der Waals surface area (Å²) in [6.45, 7) is 8.39. The van der Waals surface area contributed by atoms with Gasteiger partial charge in [0.25, 0.3) is 0 Å². The quantitative estimate of drug-likeness (QED) is 0.846. The zero-order chi connectivity index (χ0) is 12.4. The maximum atomic E-state index is 5.87. The van der Waals surface area contributed by atoms with Crippen LogP contribution in [0, 0.1) is 16.4 Å². The molecule has 1 heterocycles. The molecule has 2 rings (SSSR count). The number of rotatable bonds is 4. The van der Waals surface area contributed by atoms with Crippen LogP contribution in [0.25, 0.3) is 11.0 Å². The Balaban J connectivity index is 2.20. The van der Waals surface area contributed by atoms with E-state index in [0.717, 1.165) is 24.4 Å². The van der Waals surface area contributed by atoms with E-state index in [4.69, 9.17) is 4.42 Å². The molecular formula is C14H18INO. The molecule has 2 aromatic rings. The van der Waals surface area contributed by atoms with Crippen LogP contribution < -0.4 is 5.32 Å². The van der Waals surface area contributed by atoms with Crippen LogP contribution in [0.5, 0.6) is 0 Å². The molecule has 0 spiro atoms. The summed E-state index contributed by atoms with van der Waals surface area (Å²) in [5.74, 6) is 1.73. The first kappa shape index (κ1) is 12.9. The summed E-state index contributed by atoms with van der Waals surface area (Å²) >= 11 is 2.33. The number of halogens is 1. The first-order chi connectivity index (χ1) is 8.08. The molecule has 0 saturated heterocycles. The zero-order valence-corrected chi connectivity index (χ0v) is 12.7. The van der Waals surface area contributed by atoms with Crippen molar-refractivity contribution in [2.24, 2.45) is 5.92 Å². The molecule has 1 aromatic carbocycles. The number of benzene rings is 1. The number of hydrogen-bond acceptors (Lipinski definition) is 2. The van der Waals surface area contributed by atoms with Crippen molar-refractivity contribution in [3.63, 3.8) is 0 Å². The van der Waals surface area contributed by atoms with Gasteiger partial charge in [0.15, 0.2) is 0 Å². The van der Waals surface area contributed by atoms with E-state index in [1.165, 1.54) is 14.5 Å².